The standard InChI is InChI=1S/C14H17N3O5/c1-21-11-7-10(16-14(17-11)22-2)15-12(18)8-5-3-4-6-9(8)13(19)20/h3-4,7-9H,5-6H2,1-2H3,(H,19,20)(H,15,16,17,18). The van der Waals surface area contributed by atoms with E-state index in [2.05, 4.69) is 15.3 Å². The highest BCUT2D eigenvalue weighted by molar-refractivity contribution is 5.94. The molecule has 0 spiro atoms. The molecule has 2 atom stereocenters. The molecule has 118 valence electrons. The van der Waals surface area contributed by atoms with E-state index in [-0.39, 0.29) is 17.7 Å². The van der Waals surface area contributed by atoms with E-state index in [9.17, 15) is 14.7 Å². The van der Waals surface area contributed by atoms with E-state index in [0.717, 1.165) is 0 Å². The van der Waals surface area contributed by atoms with Crippen LogP contribution in [0.4, 0.5) is 5.82 Å². The number of methoxy groups -OCH3 is 2. The Hall–Kier alpha value is -2.64. The molecule has 2 N–H and O–H groups in total. The predicted octanol–water partition coefficient (Wildman–Crippen LogP) is 1.10. The molecule has 1 aromatic rings. The van der Waals surface area contributed by atoms with Crippen LogP contribution in [0, 0.1) is 11.8 Å². The van der Waals surface area contributed by atoms with Gasteiger partial charge in [-0.3, -0.25) is 9.59 Å². The minimum absolute atomic E-state index is 0.0491. The van der Waals surface area contributed by atoms with E-state index < -0.39 is 23.7 Å². The Balaban J connectivity index is 2.17. The van der Waals surface area contributed by atoms with Gasteiger partial charge in [-0.2, -0.15) is 9.97 Å². The first-order chi connectivity index (χ1) is 10.5. The van der Waals surface area contributed by atoms with Crippen LogP contribution < -0.4 is 14.8 Å². The molecule has 0 radical (unpaired) electrons. The lowest BCUT2D eigenvalue weighted by Crippen LogP contribution is -2.35. The van der Waals surface area contributed by atoms with Crippen molar-refractivity contribution in [2.24, 2.45) is 11.8 Å². The van der Waals surface area contributed by atoms with Crippen molar-refractivity contribution < 1.29 is 24.2 Å². The Morgan fingerprint density at radius 2 is 1.86 bits per heavy atom. The number of carboxylic acid groups (broad SMARTS) is 1. The van der Waals surface area contributed by atoms with Crippen LogP contribution in [-0.4, -0.2) is 41.2 Å². The summed E-state index contributed by atoms with van der Waals surface area (Å²) in [5.74, 6) is -2.33. The van der Waals surface area contributed by atoms with Crippen molar-refractivity contribution in [3.05, 3.63) is 18.2 Å². The van der Waals surface area contributed by atoms with Gasteiger partial charge < -0.3 is 19.9 Å². The molecule has 0 bridgehead atoms. The van der Waals surface area contributed by atoms with Crippen LogP contribution in [0.3, 0.4) is 0 Å². The molecule has 0 aliphatic heterocycles. The number of aliphatic carboxylic acids is 1. The molecule has 0 saturated carbocycles. The van der Waals surface area contributed by atoms with Crippen molar-refractivity contribution in [1.82, 2.24) is 9.97 Å². The number of hydrogen-bond donors (Lipinski definition) is 2. The quantitative estimate of drug-likeness (QED) is 0.783. The zero-order chi connectivity index (χ0) is 16.1. The number of aromatic nitrogens is 2. The van der Waals surface area contributed by atoms with Crippen molar-refractivity contribution in [2.75, 3.05) is 19.5 Å². The van der Waals surface area contributed by atoms with Gasteiger partial charge in [-0.1, -0.05) is 12.2 Å². The molecular formula is C14H17N3O5. The van der Waals surface area contributed by atoms with Gasteiger partial charge >= 0.3 is 12.0 Å². The lowest BCUT2D eigenvalue weighted by atomic mass is 9.82. The fourth-order valence-corrected chi connectivity index (χ4v) is 2.26. The van der Waals surface area contributed by atoms with E-state index in [4.69, 9.17) is 9.47 Å². The number of carboxylic acids is 1. The zero-order valence-corrected chi connectivity index (χ0v) is 12.3. The molecular weight excluding hydrogens is 290 g/mol. The highest BCUT2D eigenvalue weighted by Crippen LogP contribution is 2.27. The number of hydrogen-bond acceptors (Lipinski definition) is 6. The minimum Gasteiger partial charge on any atom is -0.481 e. The molecule has 8 heteroatoms. The van der Waals surface area contributed by atoms with Crippen LogP contribution >= 0.6 is 0 Å². The summed E-state index contributed by atoms with van der Waals surface area (Å²) in [5, 5.41) is 11.8. The van der Waals surface area contributed by atoms with E-state index in [1.165, 1.54) is 20.3 Å². The first kappa shape index (κ1) is 15.7. The van der Waals surface area contributed by atoms with Gasteiger partial charge in [-0.25, -0.2) is 0 Å². The van der Waals surface area contributed by atoms with Gasteiger partial charge in [0.05, 0.1) is 26.1 Å². The number of carbonyl (C=O) groups is 2. The topological polar surface area (TPSA) is 111 Å². The van der Waals surface area contributed by atoms with Gasteiger partial charge in [-0.15, -0.1) is 0 Å². The van der Waals surface area contributed by atoms with Crippen LogP contribution in [0.15, 0.2) is 18.2 Å². The molecule has 22 heavy (non-hydrogen) atoms. The number of amides is 1. The number of ether oxygens (including phenoxy) is 2. The van der Waals surface area contributed by atoms with Crippen molar-refractivity contribution in [3.63, 3.8) is 0 Å². The number of carbonyl (C=O) groups excluding carboxylic acids is 1. The normalized spacial score (nSPS) is 20.3. The van der Waals surface area contributed by atoms with Crippen molar-refractivity contribution in [3.8, 4) is 11.9 Å². The monoisotopic (exact) mass is 307 g/mol. The third-order valence-electron chi connectivity index (χ3n) is 3.41. The summed E-state index contributed by atoms with van der Waals surface area (Å²) in [6, 6.07) is 1.49. The molecule has 0 fully saturated rings. The molecule has 1 aromatic heterocycles. The summed E-state index contributed by atoms with van der Waals surface area (Å²) in [5.41, 5.74) is 0. The highest BCUT2D eigenvalue weighted by Gasteiger charge is 2.34. The second-order valence-corrected chi connectivity index (χ2v) is 4.77. The molecule has 1 heterocycles. The Morgan fingerprint density at radius 1 is 1.18 bits per heavy atom. The maximum Gasteiger partial charge on any atom is 0.321 e. The number of allylic oxidation sites excluding steroid dienone is 2. The third kappa shape index (κ3) is 3.51. The Morgan fingerprint density at radius 3 is 2.45 bits per heavy atom. The Kier molecular flexibility index (Phi) is 4.92. The third-order valence-corrected chi connectivity index (χ3v) is 3.41. The summed E-state index contributed by atoms with van der Waals surface area (Å²) in [6.07, 6.45) is 4.30. The number of anilines is 1. The molecule has 0 aromatic carbocycles. The van der Waals surface area contributed by atoms with Crippen LogP contribution in [0.1, 0.15) is 12.8 Å². The largest absolute Gasteiger partial charge is 0.481 e. The van der Waals surface area contributed by atoms with Crippen LogP contribution in [0.2, 0.25) is 0 Å². The molecule has 1 aliphatic rings. The maximum absolute atomic E-state index is 12.3. The second kappa shape index (κ2) is 6.88. The van der Waals surface area contributed by atoms with Crippen LogP contribution in [0.25, 0.3) is 0 Å². The van der Waals surface area contributed by atoms with E-state index >= 15 is 0 Å². The summed E-state index contributed by atoms with van der Waals surface area (Å²) in [4.78, 5) is 31.5. The van der Waals surface area contributed by atoms with Gasteiger partial charge in [0.2, 0.25) is 11.8 Å². The van der Waals surface area contributed by atoms with Gasteiger partial charge in [0.15, 0.2) is 0 Å². The minimum atomic E-state index is -0.984. The molecule has 1 aliphatic carbocycles. The lowest BCUT2D eigenvalue weighted by molar-refractivity contribution is -0.146. The fraction of sp³-hybridized carbons (Fsp3) is 0.429. The summed E-state index contributed by atoms with van der Waals surface area (Å²) >= 11 is 0. The first-order valence-corrected chi connectivity index (χ1v) is 6.71. The predicted molar refractivity (Wildman–Crippen MR) is 76.8 cm³/mol. The van der Waals surface area contributed by atoms with Crippen LogP contribution in [0.5, 0.6) is 11.9 Å². The van der Waals surface area contributed by atoms with Gasteiger partial charge in [0.25, 0.3) is 0 Å². The van der Waals surface area contributed by atoms with Gasteiger partial charge in [-0.05, 0) is 12.8 Å². The average molecular weight is 307 g/mol. The Bertz CT molecular complexity index is 580. The van der Waals surface area contributed by atoms with E-state index in [1.807, 2.05) is 6.08 Å². The van der Waals surface area contributed by atoms with Crippen LogP contribution in [-0.2, 0) is 9.59 Å². The fourth-order valence-electron chi connectivity index (χ4n) is 2.26. The average Bonchev–Trinajstić information content (AvgIpc) is 2.54. The molecule has 8 nitrogen and oxygen atoms in total. The smallest absolute Gasteiger partial charge is 0.321 e. The van der Waals surface area contributed by atoms with Crippen molar-refractivity contribution in [1.29, 1.82) is 0 Å². The molecule has 1 amide bonds. The molecule has 0 saturated heterocycles. The van der Waals surface area contributed by atoms with Gasteiger partial charge in [0, 0.05) is 6.07 Å². The summed E-state index contributed by atoms with van der Waals surface area (Å²) in [6.45, 7) is 0. The molecule has 2 unspecified atom stereocenters. The number of nitrogens with zero attached hydrogens (tertiary/aromatic N) is 2. The summed E-state index contributed by atoms with van der Waals surface area (Å²) < 4.78 is 9.92. The lowest BCUT2D eigenvalue weighted by Gasteiger charge is -2.24. The summed E-state index contributed by atoms with van der Waals surface area (Å²) in [7, 11) is 2.83. The van der Waals surface area contributed by atoms with E-state index in [0.29, 0.717) is 12.8 Å². The SMILES string of the molecule is COc1cc(NC(=O)C2CC=CCC2C(=O)O)nc(OC)n1. The van der Waals surface area contributed by atoms with Gasteiger partial charge in [0.1, 0.15) is 5.82 Å². The van der Waals surface area contributed by atoms with E-state index in [1.54, 1.807) is 6.08 Å². The van der Waals surface area contributed by atoms with Crippen molar-refractivity contribution >= 4 is 17.7 Å². The first-order valence-electron chi connectivity index (χ1n) is 6.71. The maximum atomic E-state index is 12.3. The highest BCUT2D eigenvalue weighted by atomic mass is 16.5. The Labute approximate surface area is 127 Å². The zero-order valence-electron chi connectivity index (χ0n) is 12.3. The second-order valence-electron chi connectivity index (χ2n) is 4.77. The van der Waals surface area contributed by atoms with Crippen molar-refractivity contribution in [2.45, 2.75) is 12.8 Å². The number of rotatable bonds is 5. The molecule has 2 rings (SSSR count). The number of nitrogens with one attached hydrogen (secondary N) is 1.